The van der Waals surface area contributed by atoms with Crippen LogP contribution in [-0.4, -0.2) is 88.1 Å². The molecule has 0 aromatic rings. The predicted octanol–water partition coefficient (Wildman–Crippen LogP) is 0.607. The predicted molar refractivity (Wildman–Crippen MR) is 81.4 cm³/mol. The molecule has 1 saturated heterocycles. The second-order valence-corrected chi connectivity index (χ2v) is 5.70. The maximum Gasteiger partial charge on any atom is 0.306 e. The van der Waals surface area contributed by atoms with E-state index in [9.17, 15) is 4.79 Å². The van der Waals surface area contributed by atoms with E-state index in [0.717, 1.165) is 32.8 Å². The van der Waals surface area contributed by atoms with Gasteiger partial charge in [0.2, 0.25) is 0 Å². The minimum Gasteiger partial charge on any atom is -0.469 e. The van der Waals surface area contributed by atoms with Crippen LogP contribution in [0, 0.1) is 0 Å². The summed E-state index contributed by atoms with van der Waals surface area (Å²) in [6.07, 6.45) is 0.594. The fourth-order valence-corrected chi connectivity index (χ4v) is 2.48. The molecule has 0 aromatic heterocycles. The Hall–Kier alpha value is -0.690. The van der Waals surface area contributed by atoms with Crippen molar-refractivity contribution in [1.29, 1.82) is 0 Å². The van der Waals surface area contributed by atoms with Crippen molar-refractivity contribution >= 4 is 5.97 Å². The number of morpholine rings is 1. The number of carbonyl (C=O) groups is 1. The third kappa shape index (κ3) is 7.22. The van der Waals surface area contributed by atoms with Crippen molar-refractivity contribution in [3.8, 4) is 0 Å². The van der Waals surface area contributed by atoms with Gasteiger partial charge in [-0.25, -0.2) is 0 Å². The van der Waals surface area contributed by atoms with Gasteiger partial charge in [0, 0.05) is 45.9 Å². The summed E-state index contributed by atoms with van der Waals surface area (Å²) in [4.78, 5) is 16.0. The van der Waals surface area contributed by atoms with E-state index >= 15 is 0 Å². The lowest BCUT2D eigenvalue weighted by molar-refractivity contribution is -0.141. The molecule has 0 radical (unpaired) electrons. The molecule has 0 saturated carbocycles. The molecule has 1 fully saturated rings. The number of methoxy groups -OCH3 is 2. The number of hydrogen-bond acceptors (Lipinski definition) is 6. The highest BCUT2D eigenvalue weighted by atomic mass is 16.5. The second kappa shape index (κ2) is 10.1. The molecule has 0 N–H and O–H groups in total. The molecule has 1 rings (SSSR count). The average Bonchev–Trinajstić information content (AvgIpc) is 2.49. The topological polar surface area (TPSA) is 51.2 Å². The van der Waals surface area contributed by atoms with Gasteiger partial charge in [-0.3, -0.25) is 14.6 Å². The van der Waals surface area contributed by atoms with E-state index in [0.29, 0.717) is 25.6 Å². The Morgan fingerprint density at radius 1 is 1.38 bits per heavy atom. The maximum absolute atomic E-state index is 11.3. The van der Waals surface area contributed by atoms with Gasteiger partial charge >= 0.3 is 5.97 Å². The molecular weight excluding hydrogens is 272 g/mol. The van der Waals surface area contributed by atoms with Crippen molar-refractivity contribution in [2.75, 3.05) is 60.2 Å². The molecule has 0 aromatic carbocycles. The Kier molecular flexibility index (Phi) is 8.84. The maximum atomic E-state index is 11.3. The zero-order valence-corrected chi connectivity index (χ0v) is 13.8. The number of hydrogen-bond donors (Lipinski definition) is 0. The van der Waals surface area contributed by atoms with Gasteiger partial charge < -0.3 is 14.2 Å². The molecule has 1 aliphatic heterocycles. The molecule has 0 bridgehead atoms. The van der Waals surface area contributed by atoms with Crippen LogP contribution in [-0.2, 0) is 19.0 Å². The van der Waals surface area contributed by atoms with E-state index < -0.39 is 0 Å². The first-order valence-corrected chi connectivity index (χ1v) is 7.70. The summed E-state index contributed by atoms with van der Waals surface area (Å²) in [5, 5.41) is 0. The summed E-state index contributed by atoms with van der Waals surface area (Å²) in [5.74, 6) is -0.175. The fraction of sp³-hybridized carbons (Fsp3) is 0.933. The molecular formula is C15H30N2O4. The van der Waals surface area contributed by atoms with Crippen LogP contribution in [0.4, 0.5) is 0 Å². The van der Waals surface area contributed by atoms with E-state index in [1.54, 1.807) is 7.11 Å². The first kappa shape index (κ1) is 18.4. The first-order chi connectivity index (χ1) is 10.1. The van der Waals surface area contributed by atoms with Crippen molar-refractivity contribution in [1.82, 2.24) is 9.80 Å². The van der Waals surface area contributed by atoms with Crippen molar-refractivity contribution < 1.29 is 19.0 Å². The van der Waals surface area contributed by atoms with E-state index in [1.807, 2.05) is 0 Å². The van der Waals surface area contributed by atoms with E-state index in [2.05, 4.69) is 23.6 Å². The third-order valence-electron chi connectivity index (χ3n) is 3.83. The molecule has 1 heterocycles. The highest BCUT2D eigenvalue weighted by Gasteiger charge is 2.24. The lowest BCUT2D eigenvalue weighted by Gasteiger charge is -2.37. The van der Waals surface area contributed by atoms with Gasteiger partial charge in [-0.15, -0.1) is 0 Å². The van der Waals surface area contributed by atoms with Gasteiger partial charge in [0.25, 0.3) is 0 Å². The lowest BCUT2D eigenvalue weighted by Crippen LogP contribution is -2.50. The third-order valence-corrected chi connectivity index (χ3v) is 3.83. The number of esters is 1. The second-order valence-electron chi connectivity index (χ2n) is 5.70. The van der Waals surface area contributed by atoms with Crippen LogP contribution in [0.15, 0.2) is 0 Å². The van der Waals surface area contributed by atoms with Crippen molar-refractivity contribution in [2.24, 2.45) is 0 Å². The van der Waals surface area contributed by atoms with Gasteiger partial charge in [-0.05, 0) is 13.8 Å². The number of rotatable bonds is 9. The highest BCUT2D eigenvalue weighted by Crippen LogP contribution is 2.10. The number of nitrogens with zero attached hydrogens (tertiary/aromatic N) is 2. The zero-order chi connectivity index (χ0) is 15.7. The molecule has 1 unspecified atom stereocenters. The Morgan fingerprint density at radius 3 is 2.76 bits per heavy atom. The molecule has 21 heavy (non-hydrogen) atoms. The Labute approximate surface area is 128 Å². The van der Waals surface area contributed by atoms with Gasteiger partial charge in [0.15, 0.2) is 0 Å². The molecule has 0 spiro atoms. The normalized spacial score (nSPS) is 20.2. The largest absolute Gasteiger partial charge is 0.469 e. The summed E-state index contributed by atoms with van der Waals surface area (Å²) >= 11 is 0. The molecule has 6 heteroatoms. The lowest BCUT2D eigenvalue weighted by atomic mass is 10.2. The van der Waals surface area contributed by atoms with Gasteiger partial charge in [0.05, 0.1) is 32.8 Å². The Balaban J connectivity index is 2.44. The van der Waals surface area contributed by atoms with E-state index in [1.165, 1.54) is 7.11 Å². The van der Waals surface area contributed by atoms with Crippen molar-refractivity contribution in [3.63, 3.8) is 0 Å². The molecule has 1 atom stereocenters. The summed E-state index contributed by atoms with van der Waals surface area (Å²) < 4.78 is 15.7. The molecule has 1 aliphatic rings. The first-order valence-electron chi connectivity index (χ1n) is 7.70. The SMILES string of the molecule is COCCN(CCC(=O)OC)CC1CN(C(C)C)CCO1. The summed E-state index contributed by atoms with van der Waals surface area (Å²) in [6.45, 7) is 10.1. The van der Waals surface area contributed by atoms with Gasteiger partial charge in [0.1, 0.15) is 0 Å². The summed E-state index contributed by atoms with van der Waals surface area (Å²) in [7, 11) is 3.11. The standard InChI is InChI=1S/C15H30N2O4/c1-13(2)17-8-10-21-14(12-17)11-16(7-9-19-3)6-5-15(18)20-4/h13-14H,5-12H2,1-4H3. The molecule has 124 valence electrons. The number of carbonyl (C=O) groups excluding carboxylic acids is 1. The van der Waals surface area contributed by atoms with Crippen LogP contribution in [0.2, 0.25) is 0 Å². The van der Waals surface area contributed by atoms with Crippen LogP contribution in [0.5, 0.6) is 0 Å². The minimum absolute atomic E-state index is 0.175. The monoisotopic (exact) mass is 302 g/mol. The smallest absolute Gasteiger partial charge is 0.306 e. The van der Waals surface area contributed by atoms with Gasteiger partial charge in [-0.2, -0.15) is 0 Å². The van der Waals surface area contributed by atoms with Gasteiger partial charge in [-0.1, -0.05) is 0 Å². The van der Waals surface area contributed by atoms with Crippen molar-refractivity contribution in [2.45, 2.75) is 32.4 Å². The van der Waals surface area contributed by atoms with Crippen LogP contribution < -0.4 is 0 Å². The molecule has 0 aliphatic carbocycles. The van der Waals surface area contributed by atoms with E-state index in [4.69, 9.17) is 14.2 Å². The summed E-state index contributed by atoms with van der Waals surface area (Å²) in [6, 6.07) is 0.541. The highest BCUT2D eigenvalue weighted by molar-refractivity contribution is 5.69. The number of ether oxygens (including phenoxy) is 3. The Morgan fingerprint density at radius 2 is 2.14 bits per heavy atom. The van der Waals surface area contributed by atoms with Crippen molar-refractivity contribution in [3.05, 3.63) is 0 Å². The quantitative estimate of drug-likeness (QED) is 0.582. The Bertz CT molecular complexity index is 299. The molecule has 6 nitrogen and oxygen atoms in total. The van der Waals surface area contributed by atoms with Crippen LogP contribution >= 0.6 is 0 Å². The van der Waals surface area contributed by atoms with Crippen LogP contribution in [0.25, 0.3) is 0 Å². The fourth-order valence-electron chi connectivity index (χ4n) is 2.48. The van der Waals surface area contributed by atoms with Crippen LogP contribution in [0.3, 0.4) is 0 Å². The summed E-state index contributed by atoms with van der Waals surface area (Å²) in [5.41, 5.74) is 0. The van der Waals surface area contributed by atoms with E-state index in [-0.39, 0.29) is 12.1 Å². The zero-order valence-electron chi connectivity index (χ0n) is 13.8. The average molecular weight is 302 g/mol. The molecule has 0 amide bonds. The van der Waals surface area contributed by atoms with Crippen LogP contribution in [0.1, 0.15) is 20.3 Å². The minimum atomic E-state index is -0.175.